The standard InChI is InChI=1S/C19H15Br2NO4/c1-25-18-6-2-11(19(23)24)8-16(18)22-10-13-4-7-17(26-13)14-5-3-12(20)9-15(14)21/h2-9,22H,10H2,1H3,(H,23,24). The average Bonchev–Trinajstić information content (AvgIpc) is 3.08. The summed E-state index contributed by atoms with van der Waals surface area (Å²) in [6.45, 7) is 0.396. The number of benzene rings is 2. The van der Waals surface area contributed by atoms with Crippen molar-refractivity contribution in [2.45, 2.75) is 6.54 Å². The fourth-order valence-electron chi connectivity index (χ4n) is 2.47. The van der Waals surface area contributed by atoms with Crippen LogP contribution >= 0.6 is 31.9 Å². The lowest BCUT2D eigenvalue weighted by Crippen LogP contribution is -2.03. The van der Waals surface area contributed by atoms with E-state index < -0.39 is 5.97 Å². The maximum atomic E-state index is 11.1. The quantitative estimate of drug-likeness (QED) is 0.467. The second kappa shape index (κ2) is 7.97. The number of carbonyl (C=O) groups is 1. The van der Waals surface area contributed by atoms with E-state index in [1.165, 1.54) is 19.2 Å². The van der Waals surface area contributed by atoms with Crippen molar-refractivity contribution in [1.82, 2.24) is 0 Å². The van der Waals surface area contributed by atoms with E-state index in [2.05, 4.69) is 37.2 Å². The summed E-state index contributed by atoms with van der Waals surface area (Å²) in [5.74, 6) is 1.04. The number of hydrogen-bond donors (Lipinski definition) is 2. The molecule has 0 aliphatic rings. The first-order valence-corrected chi connectivity index (χ1v) is 9.26. The molecule has 0 bridgehead atoms. The zero-order valence-corrected chi connectivity index (χ0v) is 16.9. The lowest BCUT2D eigenvalue weighted by molar-refractivity contribution is 0.0697. The highest BCUT2D eigenvalue weighted by Crippen LogP contribution is 2.32. The van der Waals surface area contributed by atoms with Crippen LogP contribution in [0.5, 0.6) is 5.75 Å². The maximum Gasteiger partial charge on any atom is 0.335 e. The van der Waals surface area contributed by atoms with Gasteiger partial charge in [-0.25, -0.2) is 4.79 Å². The summed E-state index contributed by atoms with van der Waals surface area (Å²) < 4.78 is 13.1. The summed E-state index contributed by atoms with van der Waals surface area (Å²) in [7, 11) is 1.54. The molecule has 0 atom stereocenters. The van der Waals surface area contributed by atoms with Crippen molar-refractivity contribution in [3.05, 3.63) is 68.8 Å². The molecule has 0 saturated carbocycles. The first kappa shape index (κ1) is 18.5. The van der Waals surface area contributed by atoms with Gasteiger partial charge in [-0.3, -0.25) is 0 Å². The Morgan fingerprint density at radius 2 is 1.96 bits per heavy atom. The smallest absolute Gasteiger partial charge is 0.335 e. The Balaban J connectivity index is 1.78. The van der Waals surface area contributed by atoms with Crippen molar-refractivity contribution in [2.24, 2.45) is 0 Å². The first-order valence-electron chi connectivity index (χ1n) is 7.67. The van der Waals surface area contributed by atoms with E-state index >= 15 is 0 Å². The number of rotatable bonds is 6. The number of halogens is 2. The second-order valence-corrected chi connectivity index (χ2v) is 7.23. The number of nitrogens with one attached hydrogen (secondary N) is 1. The van der Waals surface area contributed by atoms with E-state index in [0.717, 1.165) is 26.0 Å². The predicted octanol–water partition coefficient (Wildman–Crippen LogP) is 5.79. The Bertz CT molecular complexity index is 952. The van der Waals surface area contributed by atoms with Crippen LogP contribution < -0.4 is 10.1 Å². The summed E-state index contributed by atoms with van der Waals surface area (Å²) in [6, 6.07) is 14.3. The van der Waals surface area contributed by atoms with Crippen molar-refractivity contribution < 1.29 is 19.1 Å². The number of carboxylic acid groups (broad SMARTS) is 1. The van der Waals surface area contributed by atoms with Crippen LogP contribution in [0.25, 0.3) is 11.3 Å². The summed E-state index contributed by atoms with van der Waals surface area (Å²) >= 11 is 6.96. The number of anilines is 1. The molecule has 0 radical (unpaired) electrons. The molecule has 0 unspecified atom stereocenters. The first-order chi connectivity index (χ1) is 12.5. The molecule has 0 fully saturated rings. The van der Waals surface area contributed by atoms with Gasteiger partial charge >= 0.3 is 5.97 Å². The molecular formula is C19H15Br2NO4. The lowest BCUT2D eigenvalue weighted by atomic mass is 10.2. The van der Waals surface area contributed by atoms with Gasteiger partial charge in [-0.1, -0.05) is 15.9 Å². The van der Waals surface area contributed by atoms with Crippen LogP contribution in [-0.2, 0) is 6.54 Å². The molecule has 2 N–H and O–H groups in total. The van der Waals surface area contributed by atoms with Crippen molar-refractivity contribution in [1.29, 1.82) is 0 Å². The van der Waals surface area contributed by atoms with Gasteiger partial charge < -0.3 is 19.6 Å². The van der Waals surface area contributed by atoms with Gasteiger partial charge in [0.1, 0.15) is 17.3 Å². The molecule has 1 aromatic heterocycles. The number of hydrogen-bond acceptors (Lipinski definition) is 4. The van der Waals surface area contributed by atoms with Crippen LogP contribution in [0.3, 0.4) is 0 Å². The molecule has 5 nitrogen and oxygen atoms in total. The van der Waals surface area contributed by atoms with Gasteiger partial charge in [0.05, 0.1) is 24.9 Å². The third-order valence-corrected chi connectivity index (χ3v) is 4.91. The van der Waals surface area contributed by atoms with Crippen LogP contribution in [0.1, 0.15) is 16.1 Å². The normalized spacial score (nSPS) is 10.6. The van der Waals surface area contributed by atoms with E-state index in [-0.39, 0.29) is 5.56 Å². The largest absolute Gasteiger partial charge is 0.495 e. The van der Waals surface area contributed by atoms with Crippen molar-refractivity contribution in [3.8, 4) is 17.1 Å². The fraction of sp³-hybridized carbons (Fsp3) is 0.105. The molecule has 0 amide bonds. The number of ether oxygens (including phenoxy) is 1. The number of furan rings is 1. The van der Waals surface area contributed by atoms with E-state index in [0.29, 0.717) is 18.0 Å². The second-order valence-electron chi connectivity index (χ2n) is 5.46. The summed E-state index contributed by atoms with van der Waals surface area (Å²) in [4.78, 5) is 11.1. The Morgan fingerprint density at radius 3 is 2.65 bits per heavy atom. The summed E-state index contributed by atoms with van der Waals surface area (Å²) in [5.41, 5.74) is 1.73. The topological polar surface area (TPSA) is 71.7 Å². The molecule has 26 heavy (non-hydrogen) atoms. The van der Waals surface area contributed by atoms with E-state index in [1.54, 1.807) is 6.07 Å². The van der Waals surface area contributed by atoms with Gasteiger partial charge in [-0.2, -0.15) is 0 Å². The number of carboxylic acids is 1. The van der Waals surface area contributed by atoms with Crippen LogP contribution in [0.2, 0.25) is 0 Å². The molecule has 0 aliphatic heterocycles. The van der Waals surface area contributed by atoms with E-state index in [1.807, 2.05) is 30.3 Å². The lowest BCUT2D eigenvalue weighted by Gasteiger charge is -2.11. The van der Waals surface area contributed by atoms with Crippen LogP contribution in [0, 0.1) is 0 Å². The van der Waals surface area contributed by atoms with Crippen molar-refractivity contribution in [2.75, 3.05) is 12.4 Å². The van der Waals surface area contributed by atoms with Gasteiger partial charge in [0, 0.05) is 14.5 Å². The van der Waals surface area contributed by atoms with Crippen LogP contribution in [-0.4, -0.2) is 18.2 Å². The molecule has 2 aromatic carbocycles. The van der Waals surface area contributed by atoms with Gasteiger partial charge in [0.15, 0.2) is 0 Å². The molecule has 7 heteroatoms. The van der Waals surface area contributed by atoms with Crippen LogP contribution in [0.15, 0.2) is 61.9 Å². The fourth-order valence-corrected chi connectivity index (χ4v) is 3.71. The minimum Gasteiger partial charge on any atom is -0.495 e. The van der Waals surface area contributed by atoms with E-state index in [4.69, 9.17) is 14.3 Å². The predicted molar refractivity (Wildman–Crippen MR) is 107 cm³/mol. The molecule has 3 rings (SSSR count). The highest BCUT2D eigenvalue weighted by atomic mass is 79.9. The Hall–Kier alpha value is -2.25. The summed E-state index contributed by atoms with van der Waals surface area (Å²) in [5, 5.41) is 12.3. The molecule has 3 aromatic rings. The molecular weight excluding hydrogens is 466 g/mol. The Labute approximate surface area is 167 Å². The molecule has 134 valence electrons. The van der Waals surface area contributed by atoms with Gasteiger partial charge in [0.2, 0.25) is 0 Å². The minimum atomic E-state index is -0.990. The zero-order valence-electron chi connectivity index (χ0n) is 13.8. The summed E-state index contributed by atoms with van der Waals surface area (Å²) in [6.07, 6.45) is 0. The molecule has 0 saturated heterocycles. The SMILES string of the molecule is COc1ccc(C(=O)O)cc1NCc1ccc(-c2ccc(Br)cc2Br)o1. The minimum absolute atomic E-state index is 0.187. The highest BCUT2D eigenvalue weighted by Gasteiger charge is 2.11. The Morgan fingerprint density at radius 1 is 1.15 bits per heavy atom. The monoisotopic (exact) mass is 479 g/mol. The van der Waals surface area contributed by atoms with Gasteiger partial charge in [-0.15, -0.1) is 0 Å². The molecule has 0 spiro atoms. The third-order valence-electron chi connectivity index (χ3n) is 3.76. The molecule has 1 heterocycles. The van der Waals surface area contributed by atoms with Crippen molar-refractivity contribution in [3.63, 3.8) is 0 Å². The number of methoxy groups -OCH3 is 1. The maximum absolute atomic E-state index is 11.1. The molecule has 0 aliphatic carbocycles. The third kappa shape index (κ3) is 4.11. The van der Waals surface area contributed by atoms with Crippen LogP contribution in [0.4, 0.5) is 5.69 Å². The van der Waals surface area contributed by atoms with E-state index in [9.17, 15) is 4.79 Å². The van der Waals surface area contributed by atoms with Gasteiger partial charge in [-0.05, 0) is 64.5 Å². The number of aromatic carboxylic acids is 1. The average molecular weight is 481 g/mol. The van der Waals surface area contributed by atoms with Gasteiger partial charge in [0.25, 0.3) is 0 Å². The zero-order chi connectivity index (χ0) is 18.7. The highest BCUT2D eigenvalue weighted by molar-refractivity contribution is 9.11. The van der Waals surface area contributed by atoms with Crippen molar-refractivity contribution >= 4 is 43.5 Å². The Kier molecular flexibility index (Phi) is 5.68.